The van der Waals surface area contributed by atoms with Crippen molar-refractivity contribution >= 4 is 27.5 Å². The minimum atomic E-state index is -3.69. The van der Waals surface area contributed by atoms with Gasteiger partial charge in [-0.3, -0.25) is 4.79 Å². The van der Waals surface area contributed by atoms with Crippen molar-refractivity contribution in [3.05, 3.63) is 89.5 Å². The first-order valence-electron chi connectivity index (χ1n) is 9.85. The molecule has 3 aromatic rings. The first-order valence-corrected chi connectivity index (χ1v) is 11.3. The summed E-state index contributed by atoms with van der Waals surface area (Å²) in [5.41, 5.74) is 2.65. The number of sulfonamides is 1. The van der Waals surface area contributed by atoms with Gasteiger partial charge in [-0.15, -0.1) is 4.40 Å². The van der Waals surface area contributed by atoms with Gasteiger partial charge in [0, 0.05) is 28.8 Å². The van der Waals surface area contributed by atoms with Crippen LogP contribution >= 0.6 is 0 Å². The predicted molar refractivity (Wildman–Crippen MR) is 117 cm³/mol. The highest BCUT2D eigenvalue weighted by Crippen LogP contribution is 2.32. The first kappa shape index (κ1) is 19.3. The van der Waals surface area contributed by atoms with Crippen LogP contribution in [0.4, 0.5) is 5.69 Å². The van der Waals surface area contributed by atoms with E-state index in [9.17, 15) is 13.2 Å². The Bertz CT molecular complexity index is 1300. The van der Waals surface area contributed by atoms with E-state index in [-0.39, 0.29) is 22.7 Å². The summed E-state index contributed by atoms with van der Waals surface area (Å²) in [5.74, 6) is 0.886. The zero-order chi connectivity index (χ0) is 21.4. The summed E-state index contributed by atoms with van der Waals surface area (Å²) in [4.78, 5) is 12.9. The second-order valence-corrected chi connectivity index (χ2v) is 8.89. The minimum absolute atomic E-state index is 0.107. The summed E-state index contributed by atoms with van der Waals surface area (Å²) in [6, 6.07) is 21.1. The van der Waals surface area contributed by atoms with Gasteiger partial charge in [0.25, 0.3) is 15.9 Å². The Morgan fingerprint density at radius 3 is 2.55 bits per heavy atom. The lowest BCUT2D eigenvalue weighted by molar-refractivity contribution is 0.0925. The Morgan fingerprint density at radius 1 is 0.968 bits per heavy atom. The maximum Gasteiger partial charge on any atom is 0.285 e. The van der Waals surface area contributed by atoms with Gasteiger partial charge in [0.1, 0.15) is 10.6 Å². The van der Waals surface area contributed by atoms with Crippen LogP contribution in [0.2, 0.25) is 0 Å². The molecule has 3 aromatic carbocycles. The van der Waals surface area contributed by atoms with Crippen molar-refractivity contribution in [2.75, 3.05) is 11.9 Å². The van der Waals surface area contributed by atoms with E-state index in [2.05, 4.69) is 15.0 Å². The number of hydrogen-bond acceptors (Lipinski definition) is 5. The molecule has 7 nitrogen and oxygen atoms in total. The number of hydrogen-bond donors (Lipinski definition) is 2. The van der Waals surface area contributed by atoms with Crippen molar-refractivity contribution in [3.8, 4) is 5.75 Å². The number of carbonyl (C=O) groups is 1. The van der Waals surface area contributed by atoms with Crippen LogP contribution in [0.5, 0.6) is 5.75 Å². The number of amides is 1. The van der Waals surface area contributed by atoms with Gasteiger partial charge in [0.2, 0.25) is 0 Å². The van der Waals surface area contributed by atoms with Gasteiger partial charge in [-0.2, -0.15) is 8.42 Å². The van der Waals surface area contributed by atoms with E-state index in [1.807, 2.05) is 24.3 Å². The van der Waals surface area contributed by atoms with E-state index in [1.165, 1.54) is 6.07 Å². The fourth-order valence-corrected chi connectivity index (χ4v) is 4.95. The van der Waals surface area contributed by atoms with Crippen molar-refractivity contribution in [2.24, 2.45) is 4.40 Å². The van der Waals surface area contributed by atoms with E-state index in [0.29, 0.717) is 29.8 Å². The topological polar surface area (TPSA) is 96.9 Å². The van der Waals surface area contributed by atoms with E-state index in [1.54, 1.807) is 42.5 Å². The molecular formula is C23H19N3O4S. The molecule has 1 amide bonds. The lowest BCUT2D eigenvalue weighted by Gasteiger charge is -2.26. The highest BCUT2D eigenvalue weighted by atomic mass is 32.2. The number of fused-ring (bicyclic) bond motifs is 2. The van der Waals surface area contributed by atoms with Crippen LogP contribution in [0.3, 0.4) is 0 Å². The zero-order valence-electron chi connectivity index (χ0n) is 16.4. The average molecular weight is 433 g/mol. The average Bonchev–Trinajstić information content (AvgIpc) is 3.04. The largest absolute Gasteiger partial charge is 0.493 e. The van der Waals surface area contributed by atoms with Crippen LogP contribution in [0.1, 0.15) is 33.9 Å². The molecule has 8 heteroatoms. The molecule has 156 valence electrons. The molecule has 5 rings (SSSR count). The third-order valence-electron chi connectivity index (χ3n) is 5.31. The minimum Gasteiger partial charge on any atom is -0.493 e. The monoisotopic (exact) mass is 433 g/mol. The summed E-state index contributed by atoms with van der Waals surface area (Å²) >= 11 is 0. The summed E-state index contributed by atoms with van der Waals surface area (Å²) in [6.07, 6.45) is 0.704. The molecule has 0 radical (unpaired) electrons. The van der Waals surface area contributed by atoms with Gasteiger partial charge < -0.3 is 15.4 Å². The summed E-state index contributed by atoms with van der Waals surface area (Å²) in [7, 11) is -3.69. The normalized spacial score (nSPS) is 18.2. The quantitative estimate of drug-likeness (QED) is 0.659. The Balaban J connectivity index is 1.31. The van der Waals surface area contributed by atoms with Gasteiger partial charge in [-0.05, 0) is 42.5 Å². The van der Waals surface area contributed by atoms with Gasteiger partial charge >= 0.3 is 0 Å². The number of nitrogens with one attached hydrogen (secondary N) is 2. The number of carbonyl (C=O) groups excluding carboxylic acids is 1. The molecule has 0 saturated carbocycles. The molecule has 0 bridgehead atoms. The number of benzene rings is 3. The second-order valence-electron chi connectivity index (χ2n) is 7.31. The molecule has 2 heterocycles. The number of ether oxygens (including phenoxy) is 1. The molecule has 0 fully saturated rings. The fraction of sp³-hybridized carbons (Fsp3) is 0.130. The van der Waals surface area contributed by atoms with Crippen LogP contribution in [-0.4, -0.2) is 26.8 Å². The van der Waals surface area contributed by atoms with Crippen LogP contribution in [0, 0.1) is 0 Å². The number of nitrogens with zero attached hydrogens (tertiary/aromatic N) is 1. The highest BCUT2D eigenvalue weighted by molar-refractivity contribution is 7.90. The van der Waals surface area contributed by atoms with Crippen LogP contribution < -0.4 is 15.4 Å². The molecule has 31 heavy (non-hydrogen) atoms. The summed E-state index contributed by atoms with van der Waals surface area (Å²) in [6.45, 7) is 0.553. The smallest absolute Gasteiger partial charge is 0.285 e. The molecule has 1 atom stereocenters. The zero-order valence-corrected chi connectivity index (χ0v) is 17.2. The first-order chi connectivity index (χ1) is 15.0. The molecule has 0 spiro atoms. The highest BCUT2D eigenvalue weighted by Gasteiger charge is 2.28. The van der Waals surface area contributed by atoms with Crippen molar-refractivity contribution in [2.45, 2.75) is 17.4 Å². The Morgan fingerprint density at radius 2 is 1.71 bits per heavy atom. The molecule has 0 aromatic heterocycles. The maximum atomic E-state index is 12.8. The molecular weight excluding hydrogens is 414 g/mol. The van der Waals surface area contributed by atoms with Crippen LogP contribution in [-0.2, 0) is 10.0 Å². The fourth-order valence-electron chi connectivity index (χ4n) is 3.77. The van der Waals surface area contributed by atoms with Gasteiger partial charge in [-0.25, -0.2) is 0 Å². The van der Waals surface area contributed by atoms with E-state index < -0.39 is 10.0 Å². The van der Waals surface area contributed by atoms with Crippen LogP contribution in [0.25, 0.3) is 0 Å². The van der Waals surface area contributed by atoms with Crippen LogP contribution in [0.15, 0.2) is 82.1 Å². The number of rotatable bonds is 3. The van der Waals surface area contributed by atoms with E-state index >= 15 is 0 Å². The maximum absolute atomic E-state index is 12.8. The second kappa shape index (κ2) is 7.55. The number of para-hydroxylation sites is 1. The number of anilines is 1. The van der Waals surface area contributed by atoms with Crippen molar-refractivity contribution in [1.82, 2.24) is 5.32 Å². The predicted octanol–water partition coefficient (Wildman–Crippen LogP) is 3.50. The van der Waals surface area contributed by atoms with Crippen molar-refractivity contribution in [3.63, 3.8) is 0 Å². The standard InChI is InChI=1S/C23H19N3O4S/c27-23(25-19-13-14-30-20-7-3-1-5-17(19)20)15-9-11-16(12-10-15)24-22-18-6-2-4-8-21(18)31(28,29)26-22/h1-12,19H,13-14H2,(H,24,26)(H,25,27). The lowest BCUT2D eigenvalue weighted by atomic mass is 10.00. The number of amidine groups is 1. The van der Waals surface area contributed by atoms with Crippen molar-refractivity contribution in [1.29, 1.82) is 0 Å². The molecule has 2 N–H and O–H groups in total. The van der Waals surface area contributed by atoms with Gasteiger partial charge in [0.15, 0.2) is 5.84 Å². The Hall–Kier alpha value is -3.65. The molecule has 2 aliphatic heterocycles. The molecule has 0 saturated heterocycles. The lowest BCUT2D eigenvalue weighted by Crippen LogP contribution is -2.32. The molecule has 2 aliphatic rings. The molecule has 1 unspecified atom stereocenters. The summed E-state index contributed by atoms with van der Waals surface area (Å²) < 4.78 is 33.8. The van der Waals surface area contributed by atoms with Gasteiger partial charge in [0.05, 0.1) is 12.6 Å². The SMILES string of the molecule is O=C(NC1CCOc2ccccc21)c1ccc(NC2=NS(=O)(=O)c3ccccc32)cc1. The Kier molecular flexibility index (Phi) is 4.71. The van der Waals surface area contributed by atoms with E-state index in [4.69, 9.17) is 4.74 Å². The third-order valence-corrected chi connectivity index (χ3v) is 6.64. The molecule has 0 aliphatic carbocycles. The van der Waals surface area contributed by atoms with E-state index in [0.717, 1.165) is 11.3 Å². The van der Waals surface area contributed by atoms with Crippen molar-refractivity contribution < 1.29 is 17.9 Å². The third kappa shape index (κ3) is 3.66. The summed E-state index contributed by atoms with van der Waals surface area (Å²) in [5, 5.41) is 6.10. The Labute approximate surface area is 179 Å². The van der Waals surface area contributed by atoms with Gasteiger partial charge in [-0.1, -0.05) is 30.3 Å².